The van der Waals surface area contributed by atoms with Gasteiger partial charge in [0, 0.05) is 22.4 Å². The van der Waals surface area contributed by atoms with Crippen LogP contribution in [0, 0.1) is 35.5 Å². The van der Waals surface area contributed by atoms with E-state index in [2.05, 4.69) is 0 Å². The van der Waals surface area contributed by atoms with Gasteiger partial charge < -0.3 is 14.2 Å². The molecule has 2 bridgehead atoms. The minimum Gasteiger partial charge on any atom is -0.497 e. The minimum absolute atomic E-state index is 0.0314. The first-order valence-electron chi connectivity index (χ1n) is 14.1. The summed E-state index contributed by atoms with van der Waals surface area (Å²) in [5, 5.41) is 0.424. The number of carbonyl (C=O) groups is 5. The molecule has 0 aromatic heterocycles. The lowest BCUT2D eigenvalue weighted by molar-refractivity contribution is -0.142. The van der Waals surface area contributed by atoms with Gasteiger partial charge in [-0.3, -0.25) is 29.0 Å². The fraction of sp³-hybridized carbons (Fsp3) is 0.242. The molecule has 0 radical (unpaired) electrons. The monoisotopic (exact) mass is 646 g/mol. The van der Waals surface area contributed by atoms with Gasteiger partial charge in [-0.15, -0.1) is 0 Å². The normalized spacial score (nSPS) is 26.5. The van der Waals surface area contributed by atoms with Crippen LogP contribution in [0.25, 0.3) is 0 Å². The van der Waals surface area contributed by atoms with Gasteiger partial charge in [0.25, 0.3) is 0 Å². The molecule has 0 spiro atoms. The van der Waals surface area contributed by atoms with Crippen LogP contribution < -0.4 is 24.0 Å². The number of hydrogen-bond acceptors (Lipinski definition) is 8. The molecule has 3 fully saturated rings. The van der Waals surface area contributed by atoms with E-state index in [-0.39, 0.29) is 16.3 Å². The summed E-state index contributed by atoms with van der Waals surface area (Å²) in [4.78, 5) is 72.2. The summed E-state index contributed by atoms with van der Waals surface area (Å²) >= 11 is 12.3. The van der Waals surface area contributed by atoms with Crippen molar-refractivity contribution in [2.24, 2.45) is 35.5 Å². The lowest BCUT2D eigenvalue weighted by atomic mass is 9.52. The molecule has 0 N–H and O–H groups in total. The summed E-state index contributed by atoms with van der Waals surface area (Å²) in [6.45, 7) is 0. The van der Waals surface area contributed by atoms with Crippen LogP contribution in [0.4, 0.5) is 11.4 Å². The second-order valence-electron chi connectivity index (χ2n) is 11.2. The van der Waals surface area contributed by atoms with Crippen LogP contribution in [0.1, 0.15) is 0 Å². The Kier molecular flexibility index (Phi) is 6.94. The summed E-state index contributed by atoms with van der Waals surface area (Å²) in [6, 6.07) is 17.2. The second-order valence-corrected chi connectivity index (χ2v) is 12.1. The molecule has 2 saturated heterocycles. The second kappa shape index (κ2) is 10.7. The summed E-state index contributed by atoms with van der Waals surface area (Å²) in [5.41, 5.74) is 0.683. The van der Waals surface area contributed by atoms with Crippen LogP contribution in [0.5, 0.6) is 17.2 Å². The lowest BCUT2D eigenvalue weighted by Gasteiger charge is -2.46. The van der Waals surface area contributed by atoms with E-state index in [1.165, 1.54) is 38.5 Å². The zero-order chi connectivity index (χ0) is 31.7. The average Bonchev–Trinajstić information content (AvgIpc) is 3.48. The minimum atomic E-state index is -1.11. The van der Waals surface area contributed by atoms with Crippen LogP contribution in [-0.4, -0.2) is 43.8 Å². The Morgan fingerprint density at radius 3 is 1.56 bits per heavy atom. The van der Waals surface area contributed by atoms with Crippen molar-refractivity contribution in [3.05, 3.63) is 88.4 Å². The van der Waals surface area contributed by atoms with E-state index >= 15 is 0 Å². The number of methoxy groups -OCH3 is 2. The number of esters is 1. The molecule has 3 aromatic carbocycles. The molecule has 10 nitrogen and oxygen atoms in total. The molecule has 4 amide bonds. The zero-order valence-electron chi connectivity index (χ0n) is 23.8. The fourth-order valence-corrected chi connectivity index (χ4v) is 7.69. The zero-order valence-corrected chi connectivity index (χ0v) is 25.3. The van der Waals surface area contributed by atoms with Crippen LogP contribution >= 0.6 is 23.2 Å². The highest BCUT2D eigenvalue weighted by Crippen LogP contribution is 2.61. The number of benzene rings is 3. The maximum atomic E-state index is 14.1. The van der Waals surface area contributed by atoms with Gasteiger partial charge in [-0.05, 0) is 66.7 Å². The highest BCUT2D eigenvalue weighted by Gasteiger charge is 2.71. The van der Waals surface area contributed by atoms with E-state index in [0.29, 0.717) is 27.9 Å². The molecule has 2 aliphatic heterocycles. The first-order valence-corrected chi connectivity index (χ1v) is 14.8. The van der Waals surface area contributed by atoms with Crippen molar-refractivity contribution in [2.75, 3.05) is 24.0 Å². The molecular weight excluding hydrogens is 623 g/mol. The molecular formula is C33H24Cl2N2O8. The standard InChI is InChI=1S/C33H24Cl2N2O8/c1-43-18-8-4-16(5-9-18)36-29(38)25-20-14-21(33(42)45-23-12-3-15(34)13-22(23)35)24(27(25)31(36)40)28-26(20)30(39)37(32(28)41)17-6-10-19(44-2)11-7-17/h3-14,20,24-28H,1-2H3/t20?,24?,25-,26+,27-,28-/m0/s1. The van der Waals surface area contributed by atoms with Gasteiger partial charge in [0.1, 0.15) is 17.2 Å². The van der Waals surface area contributed by atoms with E-state index in [0.717, 1.165) is 9.80 Å². The molecule has 6 atom stereocenters. The average molecular weight is 647 g/mol. The van der Waals surface area contributed by atoms with Gasteiger partial charge in [-0.25, -0.2) is 4.79 Å². The lowest BCUT2D eigenvalue weighted by Crippen LogP contribution is -2.53. The Morgan fingerprint density at radius 2 is 1.11 bits per heavy atom. The molecule has 2 unspecified atom stereocenters. The number of rotatable bonds is 6. The fourth-order valence-electron chi connectivity index (χ4n) is 7.24. The van der Waals surface area contributed by atoms with Gasteiger partial charge in [0.15, 0.2) is 0 Å². The molecule has 1 saturated carbocycles. The topological polar surface area (TPSA) is 120 Å². The van der Waals surface area contributed by atoms with Crippen molar-refractivity contribution in [3.8, 4) is 17.2 Å². The molecule has 3 aliphatic carbocycles. The number of ether oxygens (including phenoxy) is 3. The van der Waals surface area contributed by atoms with E-state index in [9.17, 15) is 24.0 Å². The number of imide groups is 2. The Morgan fingerprint density at radius 1 is 0.644 bits per heavy atom. The first kappa shape index (κ1) is 29.1. The van der Waals surface area contributed by atoms with Gasteiger partial charge in [-0.1, -0.05) is 29.3 Å². The van der Waals surface area contributed by atoms with E-state index in [1.807, 2.05) is 0 Å². The van der Waals surface area contributed by atoms with Crippen LogP contribution in [0.15, 0.2) is 78.4 Å². The molecule has 5 aliphatic rings. The third-order valence-corrected chi connectivity index (χ3v) is 9.65. The Labute approximate surface area is 267 Å². The van der Waals surface area contributed by atoms with Gasteiger partial charge in [0.05, 0.1) is 54.3 Å². The summed E-state index contributed by atoms with van der Waals surface area (Å²) < 4.78 is 16.1. The van der Waals surface area contributed by atoms with Crippen LogP contribution in [0.2, 0.25) is 10.0 Å². The van der Waals surface area contributed by atoms with Crippen LogP contribution in [-0.2, 0) is 24.0 Å². The summed E-state index contributed by atoms with van der Waals surface area (Å²) in [7, 11) is 3.00. The van der Waals surface area contributed by atoms with Gasteiger partial charge in [0.2, 0.25) is 23.6 Å². The summed E-state index contributed by atoms with van der Waals surface area (Å²) in [6.07, 6.45) is 1.53. The Balaban J connectivity index is 1.31. The number of carbonyl (C=O) groups excluding carboxylic acids is 5. The van der Waals surface area contributed by atoms with Crippen molar-refractivity contribution in [2.45, 2.75) is 0 Å². The highest BCUT2D eigenvalue weighted by molar-refractivity contribution is 6.35. The maximum absolute atomic E-state index is 14.1. The molecule has 45 heavy (non-hydrogen) atoms. The maximum Gasteiger partial charge on any atom is 0.339 e. The Hall–Kier alpha value is -4.67. The third-order valence-electron chi connectivity index (χ3n) is 9.12. The molecule has 12 heteroatoms. The van der Waals surface area contributed by atoms with Gasteiger partial charge in [-0.2, -0.15) is 0 Å². The summed E-state index contributed by atoms with van der Waals surface area (Å²) in [5.74, 6) is -7.98. The number of halogens is 2. The number of amides is 4. The van der Waals surface area contributed by atoms with E-state index < -0.39 is 65.1 Å². The quantitative estimate of drug-likeness (QED) is 0.215. The van der Waals surface area contributed by atoms with Crippen LogP contribution in [0.3, 0.4) is 0 Å². The largest absolute Gasteiger partial charge is 0.497 e. The number of anilines is 2. The van der Waals surface area contributed by atoms with Crippen molar-refractivity contribution in [1.29, 1.82) is 0 Å². The van der Waals surface area contributed by atoms with Gasteiger partial charge >= 0.3 is 5.97 Å². The number of nitrogens with zero attached hydrogens (tertiary/aromatic N) is 2. The molecule has 3 aromatic rings. The van der Waals surface area contributed by atoms with Crippen molar-refractivity contribution < 1.29 is 38.2 Å². The molecule has 228 valence electrons. The van der Waals surface area contributed by atoms with E-state index in [1.54, 1.807) is 48.5 Å². The SMILES string of the molecule is COc1ccc(N2C(=O)[C@@H]3C4C=C(C(=O)Oc5ccc(Cl)cc5Cl)C([C@@H]3C2=O)[C@@H]2C(=O)N(c3ccc(OC)cc3)C(=O)[C@@H]42)cc1. The number of allylic oxidation sites excluding steroid dienone is 1. The molecule has 2 heterocycles. The predicted molar refractivity (Wildman–Crippen MR) is 162 cm³/mol. The smallest absolute Gasteiger partial charge is 0.339 e. The van der Waals surface area contributed by atoms with Crippen molar-refractivity contribution in [3.63, 3.8) is 0 Å². The van der Waals surface area contributed by atoms with Crippen molar-refractivity contribution in [1.82, 2.24) is 0 Å². The third kappa shape index (κ3) is 4.34. The molecule has 8 rings (SSSR count). The predicted octanol–water partition coefficient (Wildman–Crippen LogP) is 4.71. The first-order chi connectivity index (χ1) is 21.6. The highest BCUT2D eigenvalue weighted by atomic mass is 35.5. The Bertz CT molecular complexity index is 1730. The van der Waals surface area contributed by atoms with Crippen molar-refractivity contribution >= 4 is 64.2 Å². The van der Waals surface area contributed by atoms with E-state index in [4.69, 9.17) is 37.4 Å². The number of hydrogen-bond donors (Lipinski definition) is 0.